The fraction of sp³-hybridized carbons (Fsp3) is 0.680. The molecule has 3 saturated carbocycles. The van der Waals surface area contributed by atoms with E-state index in [9.17, 15) is 14.0 Å². The molecule has 2 amide bonds. The van der Waals surface area contributed by atoms with E-state index in [1.165, 1.54) is 0 Å². The molecule has 1 aromatic rings. The van der Waals surface area contributed by atoms with Crippen molar-refractivity contribution in [3.63, 3.8) is 0 Å². The molecule has 1 N–H and O–H groups in total. The Morgan fingerprint density at radius 2 is 2.03 bits per heavy atom. The summed E-state index contributed by atoms with van der Waals surface area (Å²) in [6.07, 6.45) is 7.68. The van der Waals surface area contributed by atoms with Crippen molar-refractivity contribution in [1.29, 1.82) is 0 Å². The third kappa shape index (κ3) is 3.12. The summed E-state index contributed by atoms with van der Waals surface area (Å²) in [7, 11) is 1.76. The van der Waals surface area contributed by atoms with Crippen LogP contribution in [0.5, 0.6) is 0 Å². The number of amides is 2. The van der Waals surface area contributed by atoms with Gasteiger partial charge in [0.15, 0.2) is 5.83 Å². The SMILES string of the molecule is CN1C(=O)C(F)=C[C@]2(C)C3CC[C@]4(C)[C@@H](C(=O)NCc5ccsc5)CC[C@H]4C3CC[C@@H]12. The van der Waals surface area contributed by atoms with Gasteiger partial charge in [-0.2, -0.15) is 11.3 Å². The lowest BCUT2D eigenvalue weighted by Gasteiger charge is -2.60. The fourth-order valence-electron chi connectivity index (χ4n) is 7.97. The first-order valence-corrected chi connectivity index (χ1v) is 12.6. The number of fused-ring (bicyclic) bond motifs is 5. The number of carbonyl (C=O) groups excluding carboxylic acids is 2. The molecular weight excluding hydrogens is 411 g/mol. The normalized spacial score (nSPS) is 41.8. The molecule has 4 nitrogen and oxygen atoms in total. The summed E-state index contributed by atoms with van der Waals surface area (Å²) in [5.41, 5.74) is 0.871. The van der Waals surface area contributed by atoms with E-state index in [1.807, 2.05) is 5.38 Å². The number of rotatable bonds is 3. The Labute approximate surface area is 188 Å². The van der Waals surface area contributed by atoms with Crippen LogP contribution in [-0.4, -0.2) is 29.8 Å². The van der Waals surface area contributed by atoms with Crippen LogP contribution < -0.4 is 5.32 Å². The van der Waals surface area contributed by atoms with Crippen molar-refractivity contribution < 1.29 is 14.0 Å². The highest BCUT2D eigenvalue weighted by atomic mass is 32.1. The first-order chi connectivity index (χ1) is 14.8. The average Bonchev–Trinajstić information content (AvgIpc) is 3.37. The van der Waals surface area contributed by atoms with Crippen LogP contribution >= 0.6 is 11.3 Å². The first kappa shape index (κ1) is 21.2. The van der Waals surface area contributed by atoms with Gasteiger partial charge in [0.05, 0.1) is 0 Å². The summed E-state index contributed by atoms with van der Waals surface area (Å²) in [4.78, 5) is 27.0. The molecule has 3 aliphatic carbocycles. The van der Waals surface area contributed by atoms with E-state index in [-0.39, 0.29) is 28.7 Å². The molecule has 0 saturated heterocycles. The third-order valence-corrected chi connectivity index (χ3v) is 10.3. The van der Waals surface area contributed by atoms with E-state index in [0.717, 1.165) is 44.1 Å². The lowest BCUT2D eigenvalue weighted by Crippen LogP contribution is -2.60. The molecule has 0 spiro atoms. The number of carbonyl (C=O) groups is 2. The smallest absolute Gasteiger partial charge is 0.282 e. The second-order valence-electron chi connectivity index (χ2n) is 10.8. The van der Waals surface area contributed by atoms with Gasteiger partial charge in [-0.05, 0) is 90.2 Å². The fourth-order valence-corrected chi connectivity index (χ4v) is 8.63. The quantitative estimate of drug-likeness (QED) is 0.720. The van der Waals surface area contributed by atoms with E-state index in [4.69, 9.17) is 0 Å². The van der Waals surface area contributed by atoms with E-state index < -0.39 is 11.7 Å². The Morgan fingerprint density at radius 1 is 1.23 bits per heavy atom. The molecule has 0 radical (unpaired) electrons. The lowest BCUT2D eigenvalue weighted by molar-refractivity contribution is -0.145. The highest BCUT2D eigenvalue weighted by Gasteiger charge is 2.62. The Balaban J connectivity index is 1.36. The molecule has 2 unspecified atom stereocenters. The van der Waals surface area contributed by atoms with Gasteiger partial charge in [-0.15, -0.1) is 0 Å². The number of nitrogens with one attached hydrogen (secondary N) is 1. The molecule has 7 atom stereocenters. The molecule has 0 aromatic carbocycles. The minimum atomic E-state index is -0.590. The highest BCUT2D eigenvalue weighted by Crippen LogP contribution is 2.65. The van der Waals surface area contributed by atoms with Crippen LogP contribution in [0, 0.1) is 34.5 Å². The van der Waals surface area contributed by atoms with Gasteiger partial charge in [-0.3, -0.25) is 9.59 Å². The maximum atomic E-state index is 14.5. The van der Waals surface area contributed by atoms with Crippen LogP contribution in [0.3, 0.4) is 0 Å². The molecule has 31 heavy (non-hydrogen) atoms. The van der Waals surface area contributed by atoms with Crippen LogP contribution in [0.4, 0.5) is 4.39 Å². The number of likely N-dealkylation sites (N-methyl/N-ethyl adjacent to an activating group) is 1. The molecule has 2 heterocycles. The van der Waals surface area contributed by atoms with Crippen molar-refractivity contribution >= 4 is 23.2 Å². The second-order valence-corrected chi connectivity index (χ2v) is 11.5. The van der Waals surface area contributed by atoms with Crippen LogP contribution in [0.1, 0.15) is 57.9 Å². The van der Waals surface area contributed by atoms with Crippen LogP contribution in [0.15, 0.2) is 28.7 Å². The molecule has 6 heteroatoms. The van der Waals surface area contributed by atoms with Crippen molar-refractivity contribution in [2.45, 2.75) is 65.0 Å². The maximum absolute atomic E-state index is 14.5. The zero-order valence-corrected chi connectivity index (χ0v) is 19.5. The number of nitrogens with zero attached hydrogens (tertiary/aromatic N) is 1. The molecular formula is C25H33FN2O2S. The monoisotopic (exact) mass is 444 g/mol. The molecule has 5 rings (SSSR count). The van der Waals surface area contributed by atoms with Crippen molar-refractivity contribution in [2.75, 3.05) is 7.05 Å². The number of thiophene rings is 1. The van der Waals surface area contributed by atoms with Gasteiger partial charge >= 0.3 is 0 Å². The van der Waals surface area contributed by atoms with Gasteiger partial charge in [0.2, 0.25) is 5.91 Å². The Bertz CT molecular complexity index is 915. The predicted molar refractivity (Wildman–Crippen MR) is 120 cm³/mol. The molecule has 3 fully saturated rings. The lowest BCUT2D eigenvalue weighted by atomic mass is 9.47. The number of hydrogen-bond acceptors (Lipinski definition) is 3. The summed E-state index contributed by atoms with van der Waals surface area (Å²) in [5.74, 6) is 0.574. The minimum Gasteiger partial charge on any atom is -0.352 e. The van der Waals surface area contributed by atoms with Crippen LogP contribution in [0.2, 0.25) is 0 Å². The van der Waals surface area contributed by atoms with Crippen LogP contribution in [-0.2, 0) is 16.1 Å². The van der Waals surface area contributed by atoms with Gasteiger partial charge in [0.1, 0.15) is 0 Å². The van der Waals surface area contributed by atoms with E-state index in [2.05, 4.69) is 30.6 Å². The summed E-state index contributed by atoms with van der Waals surface area (Å²) in [6, 6.07) is 2.14. The second kappa shape index (κ2) is 7.43. The molecule has 4 aliphatic rings. The predicted octanol–water partition coefficient (Wildman–Crippen LogP) is 4.92. The van der Waals surface area contributed by atoms with Crippen LogP contribution in [0.25, 0.3) is 0 Å². The topological polar surface area (TPSA) is 49.4 Å². The Morgan fingerprint density at radius 3 is 2.77 bits per heavy atom. The van der Waals surface area contributed by atoms with Gasteiger partial charge < -0.3 is 10.2 Å². The average molecular weight is 445 g/mol. The Kier molecular flexibility index (Phi) is 5.07. The highest BCUT2D eigenvalue weighted by molar-refractivity contribution is 7.07. The van der Waals surface area contributed by atoms with Gasteiger partial charge in [0, 0.05) is 31.0 Å². The molecule has 168 valence electrons. The number of halogens is 1. The zero-order chi connectivity index (χ0) is 22.0. The molecule has 1 aromatic heterocycles. The third-order valence-electron chi connectivity index (χ3n) is 9.52. The van der Waals surface area contributed by atoms with Crippen molar-refractivity contribution in [1.82, 2.24) is 10.2 Å². The van der Waals surface area contributed by atoms with E-state index in [0.29, 0.717) is 24.3 Å². The number of hydrogen-bond donors (Lipinski definition) is 1. The zero-order valence-electron chi connectivity index (χ0n) is 18.7. The van der Waals surface area contributed by atoms with Gasteiger partial charge in [-0.1, -0.05) is 13.8 Å². The van der Waals surface area contributed by atoms with Crippen molar-refractivity contribution in [3.05, 3.63) is 34.3 Å². The summed E-state index contributed by atoms with van der Waals surface area (Å²) in [6.45, 7) is 5.10. The van der Waals surface area contributed by atoms with E-state index in [1.54, 1.807) is 29.4 Å². The van der Waals surface area contributed by atoms with Crippen molar-refractivity contribution in [2.24, 2.45) is 34.5 Å². The van der Waals surface area contributed by atoms with Gasteiger partial charge in [-0.25, -0.2) is 4.39 Å². The largest absolute Gasteiger partial charge is 0.352 e. The van der Waals surface area contributed by atoms with E-state index >= 15 is 0 Å². The summed E-state index contributed by atoms with van der Waals surface area (Å²) in [5, 5.41) is 7.32. The summed E-state index contributed by atoms with van der Waals surface area (Å²) >= 11 is 1.66. The Hall–Kier alpha value is -1.69. The maximum Gasteiger partial charge on any atom is 0.282 e. The first-order valence-electron chi connectivity index (χ1n) is 11.7. The molecule has 0 bridgehead atoms. The van der Waals surface area contributed by atoms with Gasteiger partial charge in [0.25, 0.3) is 5.91 Å². The minimum absolute atomic E-state index is 0.0156. The summed E-state index contributed by atoms with van der Waals surface area (Å²) < 4.78 is 14.5. The standard InChI is InChI=1S/C25H33FN2O2S/c1-24-10-8-18-16(4-7-21-25(18,2)12-20(26)23(30)28(21)3)17(24)5-6-19(24)22(29)27-13-15-9-11-31-14-15/h9,11-12,14,16-19,21H,4-8,10,13H2,1-3H3,(H,27,29)/t16?,17-,18?,19+,21+,24-,25+/m0/s1. The molecule has 1 aliphatic heterocycles. The van der Waals surface area contributed by atoms with Crippen molar-refractivity contribution in [3.8, 4) is 0 Å².